The molecule has 0 radical (unpaired) electrons. The van der Waals surface area contributed by atoms with Crippen molar-refractivity contribution in [3.63, 3.8) is 0 Å². The number of nitrogens with zero attached hydrogens (tertiary/aromatic N) is 2. The highest BCUT2D eigenvalue weighted by Gasteiger charge is 2.17. The van der Waals surface area contributed by atoms with E-state index < -0.39 is 0 Å². The van der Waals surface area contributed by atoms with Gasteiger partial charge in [-0.25, -0.2) is 0 Å². The van der Waals surface area contributed by atoms with Crippen LogP contribution in [0.15, 0.2) is 36.7 Å². The van der Waals surface area contributed by atoms with Crippen LogP contribution in [0.25, 0.3) is 0 Å². The highest BCUT2D eigenvalue weighted by atomic mass is 16.7. The minimum atomic E-state index is 0.315. The summed E-state index contributed by atoms with van der Waals surface area (Å²) >= 11 is 0. The number of aromatic nitrogens is 2. The maximum absolute atomic E-state index is 5.49. The SMILES string of the molecule is C[C@@H](Cn1cccn1)NCc1cccc2c1OCO2. The van der Waals surface area contributed by atoms with Crippen LogP contribution in [0.1, 0.15) is 12.5 Å². The van der Waals surface area contributed by atoms with Gasteiger partial charge >= 0.3 is 0 Å². The van der Waals surface area contributed by atoms with E-state index in [2.05, 4.69) is 23.4 Å². The number of hydrogen-bond donors (Lipinski definition) is 1. The summed E-state index contributed by atoms with van der Waals surface area (Å²) in [5.74, 6) is 1.69. The maximum Gasteiger partial charge on any atom is 0.231 e. The lowest BCUT2D eigenvalue weighted by atomic mass is 10.1. The van der Waals surface area contributed by atoms with Gasteiger partial charge in [0.2, 0.25) is 6.79 Å². The van der Waals surface area contributed by atoms with Gasteiger partial charge in [-0.1, -0.05) is 12.1 Å². The monoisotopic (exact) mass is 259 g/mol. The minimum absolute atomic E-state index is 0.315. The molecule has 0 spiro atoms. The van der Waals surface area contributed by atoms with Gasteiger partial charge in [-0.3, -0.25) is 4.68 Å². The van der Waals surface area contributed by atoms with Crippen molar-refractivity contribution < 1.29 is 9.47 Å². The van der Waals surface area contributed by atoms with Crippen LogP contribution in [0.5, 0.6) is 11.5 Å². The molecular formula is C14H17N3O2. The molecule has 2 aromatic rings. The van der Waals surface area contributed by atoms with Crippen molar-refractivity contribution in [2.45, 2.75) is 26.1 Å². The molecule has 19 heavy (non-hydrogen) atoms. The third kappa shape index (κ3) is 2.71. The van der Waals surface area contributed by atoms with Crippen molar-refractivity contribution in [1.29, 1.82) is 0 Å². The Balaban J connectivity index is 1.59. The fourth-order valence-electron chi connectivity index (χ4n) is 2.17. The van der Waals surface area contributed by atoms with Gasteiger partial charge < -0.3 is 14.8 Å². The fraction of sp³-hybridized carbons (Fsp3) is 0.357. The molecule has 1 N–H and O–H groups in total. The van der Waals surface area contributed by atoms with Crippen LogP contribution >= 0.6 is 0 Å². The first-order valence-corrected chi connectivity index (χ1v) is 6.41. The number of para-hydroxylation sites is 1. The lowest BCUT2D eigenvalue weighted by molar-refractivity contribution is 0.173. The molecule has 0 unspecified atom stereocenters. The number of rotatable bonds is 5. The molecule has 5 heteroatoms. The lowest BCUT2D eigenvalue weighted by Crippen LogP contribution is -2.30. The van der Waals surface area contributed by atoms with Crippen molar-refractivity contribution in [1.82, 2.24) is 15.1 Å². The van der Waals surface area contributed by atoms with Gasteiger partial charge in [-0.05, 0) is 19.1 Å². The molecule has 1 aromatic carbocycles. The third-order valence-electron chi connectivity index (χ3n) is 3.14. The average molecular weight is 259 g/mol. The third-order valence-corrected chi connectivity index (χ3v) is 3.14. The predicted molar refractivity (Wildman–Crippen MR) is 71.1 cm³/mol. The summed E-state index contributed by atoms with van der Waals surface area (Å²) in [6, 6.07) is 8.24. The van der Waals surface area contributed by atoms with Crippen LogP contribution in [0.2, 0.25) is 0 Å². The molecule has 5 nitrogen and oxygen atoms in total. The number of hydrogen-bond acceptors (Lipinski definition) is 4. The first-order valence-electron chi connectivity index (χ1n) is 6.41. The smallest absolute Gasteiger partial charge is 0.231 e. The molecule has 1 atom stereocenters. The molecule has 100 valence electrons. The summed E-state index contributed by atoms with van der Waals surface area (Å²) in [5, 5.41) is 7.67. The van der Waals surface area contributed by atoms with E-state index in [-0.39, 0.29) is 0 Å². The van der Waals surface area contributed by atoms with Crippen molar-refractivity contribution >= 4 is 0 Å². The number of ether oxygens (including phenoxy) is 2. The van der Waals surface area contributed by atoms with E-state index in [4.69, 9.17) is 9.47 Å². The van der Waals surface area contributed by atoms with E-state index in [0.717, 1.165) is 30.2 Å². The van der Waals surface area contributed by atoms with Gasteiger partial charge in [-0.2, -0.15) is 5.10 Å². The zero-order chi connectivity index (χ0) is 13.1. The first-order chi connectivity index (χ1) is 9.33. The molecule has 3 rings (SSSR count). The summed E-state index contributed by atoms with van der Waals surface area (Å²) in [6.45, 7) is 4.06. The summed E-state index contributed by atoms with van der Waals surface area (Å²) in [6.07, 6.45) is 3.76. The van der Waals surface area contributed by atoms with Gasteiger partial charge in [0.15, 0.2) is 11.5 Å². The molecule has 0 aliphatic carbocycles. The quantitative estimate of drug-likeness (QED) is 0.889. The largest absolute Gasteiger partial charge is 0.454 e. The second-order valence-corrected chi connectivity index (χ2v) is 4.66. The van der Waals surface area contributed by atoms with Crippen LogP contribution in [0.3, 0.4) is 0 Å². The van der Waals surface area contributed by atoms with Crippen LogP contribution in [0, 0.1) is 0 Å². The molecule has 0 saturated heterocycles. The second kappa shape index (κ2) is 5.32. The first kappa shape index (κ1) is 12.0. The van der Waals surface area contributed by atoms with Gasteiger partial charge in [0.05, 0.1) is 6.54 Å². The molecule has 0 fully saturated rings. The Morgan fingerprint density at radius 1 is 1.37 bits per heavy atom. The second-order valence-electron chi connectivity index (χ2n) is 4.66. The van der Waals surface area contributed by atoms with E-state index in [1.54, 1.807) is 6.20 Å². The predicted octanol–water partition coefficient (Wildman–Crippen LogP) is 1.79. The highest BCUT2D eigenvalue weighted by molar-refractivity contribution is 5.48. The Labute approximate surface area is 112 Å². The molecule has 1 aliphatic rings. The topological polar surface area (TPSA) is 48.3 Å². The van der Waals surface area contributed by atoms with Crippen molar-refractivity contribution in [3.05, 3.63) is 42.2 Å². The highest BCUT2D eigenvalue weighted by Crippen LogP contribution is 2.35. The maximum atomic E-state index is 5.49. The normalized spacial score (nSPS) is 14.6. The van der Waals surface area contributed by atoms with Crippen LogP contribution < -0.4 is 14.8 Å². The Hall–Kier alpha value is -2.01. The van der Waals surface area contributed by atoms with E-state index in [9.17, 15) is 0 Å². The van der Waals surface area contributed by atoms with E-state index >= 15 is 0 Å². The van der Waals surface area contributed by atoms with E-state index in [1.165, 1.54) is 0 Å². The summed E-state index contributed by atoms with van der Waals surface area (Å²) < 4.78 is 12.8. The molecule has 2 heterocycles. The number of benzene rings is 1. The Morgan fingerprint density at radius 2 is 2.32 bits per heavy atom. The molecule has 0 saturated carbocycles. The number of fused-ring (bicyclic) bond motifs is 1. The summed E-state index contributed by atoms with van der Waals surface area (Å²) in [5.41, 5.74) is 1.13. The Bertz CT molecular complexity index is 540. The van der Waals surface area contributed by atoms with Crippen molar-refractivity contribution in [2.24, 2.45) is 0 Å². The van der Waals surface area contributed by atoms with E-state index in [1.807, 2.05) is 29.1 Å². The zero-order valence-electron chi connectivity index (χ0n) is 10.9. The van der Waals surface area contributed by atoms with E-state index in [0.29, 0.717) is 12.8 Å². The van der Waals surface area contributed by atoms with Crippen LogP contribution in [-0.2, 0) is 13.1 Å². The zero-order valence-corrected chi connectivity index (χ0v) is 10.9. The van der Waals surface area contributed by atoms with Gasteiger partial charge in [-0.15, -0.1) is 0 Å². The lowest BCUT2D eigenvalue weighted by Gasteiger charge is -2.14. The minimum Gasteiger partial charge on any atom is -0.454 e. The van der Waals surface area contributed by atoms with Crippen LogP contribution in [-0.4, -0.2) is 22.6 Å². The fourth-order valence-corrected chi connectivity index (χ4v) is 2.17. The van der Waals surface area contributed by atoms with Crippen molar-refractivity contribution in [3.8, 4) is 11.5 Å². The average Bonchev–Trinajstić information content (AvgIpc) is 3.06. The molecule has 0 amide bonds. The van der Waals surface area contributed by atoms with Crippen molar-refractivity contribution in [2.75, 3.05) is 6.79 Å². The standard InChI is InChI=1S/C14H17N3O2/c1-11(9-17-7-3-6-16-17)15-8-12-4-2-5-13-14(12)19-10-18-13/h2-7,11,15H,8-10H2,1H3/t11-/m0/s1. The van der Waals surface area contributed by atoms with Gasteiger partial charge in [0.25, 0.3) is 0 Å². The van der Waals surface area contributed by atoms with Gasteiger partial charge in [0.1, 0.15) is 0 Å². The Morgan fingerprint density at radius 3 is 3.16 bits per heavy atom. The summed E-state index contributed by atoms with van der Waals surface area (Å²) in [7, 11) is 0. The Kier molecular flexibility index (Phi) is 3.37. The molecular weight excluding hydrogens is 242 g/mol. The van der Waals surface area contributed by atoms with Crippen LogP contribution in [0.4, 0.5) is 0 Å². The van der Waals surface area contributed by atoms with Gasteiger partial charge in [0, 0.05) is 30.5 Å². The molecule has 0 bridgehead atoms. The summed E-state index contributed by atoms with van der Waals surface area (Å²) in [4.78, 5) is 0. The molecule has 1 aromatic heterocycles. The number of nitrogens with one attached hydrogen (secondary N) is 1. The molecule has 1 aliphatic heterocycles.